The van der Waals surface area contributed by atoms with E-state index in [9.17, 15) is 0 Å². The predicted octanol–water partition coefficient (Wildman–Crippen LogP) is 3.28. The molecule has 13 heavy (non-hydrogen) atoms. The van der Waals surface area contributed by atoms with Crippen LogP contribution in [-0.4, -0.2) is 0 Å². The van der Waals surface area contributed by atoms with Crippen molar-refractivity contribution in [3.05, 3.63) is 34.3 Å². The first-order chi connectivity index (χ1) is 5.94. The summed E-state index contributed by atoms with van der Waals surface area (Å²) >= 11 is 3.41. The lowest BCUT2D eigenvalue weighted by molar-refractivity contribution is 0.350. The molecule has 0 fully saturated rings. The molecule has 2 N–H and O–H groups in total. The maximum atomic E-state index is 6.22. The van der Waals surface area contributed by atoms with Gasteiger partial charge in [0.2, 0.25) is 0 Å². The normalized spacial score (nSPS) is 15.8. The Labute approximate surface area is 88.5 Å². The van der Waals surface area contributed by atoms with E-state index in [1.54, 1.807) is 0 Å². The van der Waals surface area contributed by atoms with Crippen LogP contribution in [0.1, 0.15) is 26.3 Å². The quantitative estimate of drug-likeness (QED) is 0.846. The summed E-state index contributed by atoms with van der Waals surface area (Å²) in [6, 6.07) is 8.21. The fourth-order valence-corrected chi connectivity index (χ4v) is 1.41. The van der Waals surface area contributed by atoms with Crippen molar-refractivity contribution < 1.29 is 0 Å². The van der Waals surface area contributed by atoms with Gasteiger partial charge < -0.3 is 5.73 Å². The summed E-state index contributed by atoms with van der Waals surface area (Å²) < 4.78 is 1.09. The molecule has 0 aliphatic heterocycles. The smallest absolute Gasteiger partial charge is 0.0404 e. The maximum Gasteiger partial charge on any atom is 0.0404 e. The van der Waals surface area contributed by atoms with E-state index >= 15 is 0 Å². The highest BCUT2D eigenvalue weighted by Crippen LogP contribution is 2.26. The molecule has 0 aromatic heterocycles. The van der Waals surface area contributed by atoms with E-state index in [1.165, 1.54) is 5.56 Å². The molecule has 0 bridgehead atoms. The fourth-order valence-electron chi connectivity index (χ4n) is 1.14. The van der Waals surface area contributed by atoms with Gasteiger partial charge in [0.05, 0.1) is 0 Å². The third kappa shape index (κ3) is 2.32. The van der Waals surface area contributed by atoms with Crippen LogP contribution in [0.25, 0.3) is 0 Å². The van der Waals surface area contributed by atoms with Crippen LogP contribution in [0.15, 0.2) is 28.7 Å². The van der Waals surface area contributed by atoms with Crippen molar-refractivity contribution in [1.29, 1.82) is 0 Å². The lowest BCUT2D eigenvalue weighted by Gasteiger charge is -2.29. The molecule has 2 heteroatoms. The van der Waals surface area contributed by atoms with Crippen molar-refractivity contribution >= 4 is 15.9 Å². The van der Waals surface area contributed by atoms with Gasteiger partial charge in [-0.15, -0.1) is 0 Å². The van der Waals surface area contributed by atoms with E-state index in [1.807, 2.05) is 12.1 Å². The summed E-state index contributed by atoms with van der Waals surface area (Å²) in [6.45, 7) is 6.35. The molecule has 1 aromatic carbocycles. The van der Waals surface area contributed by atoms with Crippen LogP contribution in [0.4, 0.5) is 0 Å². The highest BCUT2D eigenvalue weighted by atomic mass is 79.9. The minimum Gasteiger partial charge on any atom is -0.321 e. The molecule has 0 spiro atoms. The van der Waals surface area contributed by atoms with E-state index in [4.69, 9.17) is 5.73 Å². The second-order valence-electron chi connectivity index (χ2n) is 3.94. The molecule has 0 saturated carbocycles. The first-order valence-corrected chi connectivity index (χ1v) is 5.29. The highest BCUT2D eigenvalue weighted by molar-refractivity contribution is 9.10. The van der Waals surface area contributed by atoms with E-state index < -0.39 is 0 Å². The van der Waals surface area contributed by atoms with Gasteiger partial charge in [-0.2, -0.15) is 0 Å². The Balaban J connectivity index is 3.01. The zero-order chi connectivity index (χ0) is 10.1. The van der Waals surface area contributed by atoms with E-state index in [-0.39, 0.29) is 5.54 Å². The van der Waals surface area contributed by atoms with Gasteiger partial charge in [0.15, 0.2) is 0 Å². The summed E-state index contributed by atoms with van der Waals surface area (Å²) in [6.07, 6.45) is 0. The molecule has 72 valence electrons. The molecule has 1 atom stereocenters. The number of hydrogen-bond donors (Lipinski definition) is 1. The topological polar surface area (TPSA) is 26.0 Å². The lowest BCUT2D eigenvalue weighted by Crippen LogP contribution is -2.38. The zero-order valence-corrected chi connectivity index (χ0v) is 9.93. The van der Waals surface area contributed by atoms with Crippen LogP contribution in [0, 0.1) is 5.92 Å². The number of nitrogens with two attached hydrogens (primary N) is 1. The Kier molecular flexibility index (Phi) is 3.14. The van der Waals surface area contributed by atoms with Gasteiger partial charge >= 0.3 is 0 Å². The number of rotatable bonds is 2. The van der Waals surface area contributed by atoms with Crippen LogP contribution in [-0.2, 0) is 5.54 Å². The van der Waals surface area contributed by atoms with Gasteiger partial charge in [-0.25, -0.2) is 0 Å². The molecule has 0 unspecified atom stereocenters. The lowest BCUT2D eigenvalue weighted by atomic mass is 9.83. The first-order valence-electron chi connectivity index (χ1n) is 4.49. The van der Waals surface area contributed by atoms with Crippen LogP contribution < -0.4 is 5.73 Å². The molecule has 1 nitrogen and oxygen atoms in total. The SMILES string of the molecule is CC(C)[C@@](C)(N)c1ccc(Br)cc1. The molecule has 0 saturated heterocycles. The van der Waals surface area contributed by atoms with Crippen LogP contribution in [0.2, 0.25) is 0 Å². The summed E-state index contributed by atoms with van der Waals surface area (Å²) in [5.41, 5.74) is 7.17. The molecular formula is C11H16BrN. The molecule has 0 aliphatic rings. The van der Waals surface area contributed by atoms with Crippen molar-refractivity contribution in [2.24, 2.45) is 11.7 Å². The Hall–Kier alpha value is -0.340. The predicted molar refractivity (Wildman–Crippen MR) is 60.5 cm³/mol. The van der Waals surface area contributed by atoms with Gasteiger partial charge in [-0.3, -0.25) is 0 Å². The summed E-state index contributed by atoms with van der Waals surface area (Å²) in [7, 11) is 0. The molecule has 0 radical (unpaired) electrons. The Morgan fingerprint density at radius 1 is 1.23 bits per heavy atom. The monoisotopic (exact) mass is 241 g/mol. The molecule has 0 heterocycles. The third-order valence-corrected chi connectivity index (χ3v) is 3.19. The maximum absolute atomic E-state index is 6.22. The minimum absolute atomic E-state index is 0.235. The van der Waals surface area contributed by atoms with E-state index in [0.717, 1.165) is 4.47 Å². The molecule has 1 rings (SSSR count). The van der Waals surface area contributed by atoms with Gasteiger partial charge in [-0.05, 0) is 30.5 Å². The van der Waals surface area contributed by atoms with Crippen molar-refractivity contribution in [1.82, 2.24) is 0 Å². The molecule has 0 amide bonds. The molecule has 1 aromatic rings. The number of benzene rings is 1. The average Bonchev–Trinajstić information content (AvgIpc) is 2.04. The zero-order valence-electron chi connectivity index (χ0n) is 8.34. The highest BCUT2D eigenvalue weighted by Gasteiger charge is 2.24. The van der Waals surface area contributed by atoms with Gasteiger partial charge in [0, 0.05) is 10.0 Å². The van der Waals surface area contributed by atoms with Gasteiger partial charge in [0.1, 0.15) is 0 Å². The molecular weight excluding hydrogens is 226 g/mol. The largest absolute Gasteiger partial charge is 0.321 e. The van der Waals surface area contributed by atoms with Crippen molar-refractivity contribution in [2.45, 2.75) is 26.3 Å². The Bertz CT molecular complexity index is 275. The third-order valence-electron chi connectivity index (χ3n) is 2.67. The standard InChI is InChI=1S/C11H16BrN/c1-8(2)11(3,13)9-4-6-10(12)7-5-9/h4-8H,13H2,1-3H3/t11-/m1/s1. The summed E-state index contributed by atoms with van der Waals surface area (Å²) in [5, 5.41) is 0. The van der Waals surface area contributed by atoms with Crippen LogP contribution in [0.3, 0.4) is 0 Å². The second kappa shape index (κ2) is 3.81. The van der Waals surface area contributed by atoms with E-state index in [2.05, 4.69) is 48.8 Å². The van der Waals surface area contributed by atoms with Crippen molar-refractivity contribution in [3.63, 3.8) is 0 Å². The van der Waals surface area contributed by atoms with Gasteiger partial charge in [-0.1, -0.05) is 41.9 Å². The Morgan fingerprint density at radius 3 is 2.08 bits per heavy atom. The number of halogens is 1. The fraction of sp³-hybridized carbons (Fsp3) is 0.455. The van der Waals surface area contributed by atoms with Crippen LogP contribution >= 0.6 is 15.9 Å². The van der Waals surface area contributed by atoms with Crippen LogP contribution in [0.5, 0.6) is 0 Å². The number of hydrogen-bond acceptors (Lipinski definition) is 1. The second-order valence-corrected chi connectivity index (χ2v) is 4.86. The van der Waals surface area contributed by atoms with Crippen molar-refractivity contribution in [2.75, 3.05) is 0 Å². The van der Waals surface area contributed by atoms with Gasteiger partial charge in [0.25, 0.3) is 0 Å². The Morgan fingerprint density at radius 2 is 1.69 bits per heavy atom. The van der Waals surface area contributed by atoms with Crippen molar-refractivity contribution in [3.8, 4) is 0 Å². The average molecular weight is 242 g/mol. The first kappa shape index (κ1) is 10.7. The summed E-state index contributed by atoms with van der Waals surface area (Å²) in [4.78, 5) is 0. The summed E-state index contributed by atoms with van der Waals surface area (Å²) in [5.74, 6) is 0.439. The minimum atomic E-state index is -0.235. The van der Waals surface area contributed by atoms with E-state index in [0.29, 0.717) is 5.92 Å². The molecule has 0 aliphatic carbocycles.